The molecule has 0 saturated heterocycles. The Kier molecular flexibility index (Phi) is 6.60. The van der Waals surface area contributed by atoms with Gasteiger partial charge in [0.1, 0.15) is 0 Å². The Bertz CT molecular complexity index is 1070. The van der Waals surface area contributed by atoms with Crippen molar-refractivity contribution in [1.82, 2.24) is 15.2 Å². The molecule has 4 rings (SSSR count). The van der Waals surface area contributed by atoms with Crippen LogP contribution in [0.1, 0.15) is 22.7 Å². The van der Waals surface area contributed by atoms with E-state index in [4.69, 9.17) is 11.6 Å². The summed E-state index contributed by atoms with van der Waals surface area (Å²) in [6, 6.07) is 19.0. The first-order valence-corrected chi connectivity index (χ1v) is 10.5. The maximum atomic E-state index is 12.5. The Balaban J connectivity index is 1.45. The van der Waals surface area contributed by atoms with E-state index in [1.165, 1.54) is 11.1 Å². The SMILES string of the molecule is O=C(NC[C@H](c1cccnc1)N1CCc2ccccc2C1)C(=O)Nc1ccccc1Cl. The first kappa shape index (κ1) is 21.0. The van der Waals surface area contributed by atoms with Gasteiger partial charge >= 0.3 is 11.8 Å². The highest BCUT2D eigenvalue weighted by molar-refractivity contribution is 6.41. The highest BCUT2D eigenvalue weighted by atomic mass is 35.5. The number of nitrogens with zero attached hydrogens (tertiary/aromatic N) is 2. The summed E-state index contributed by atoms with van der Waals surface area (Å²) in [7, 11) is 0. The second kappa shape index (κ2) is 9.73. The number of benzene rings is 2. The van der Waals surface area contributed by atoms with Crippen LogP contribution in [0.25, 0.3) is 0 Å². The fraction of sp³-hybridized carbons (Fsp3) is 0.208. The van der Waals surface area contributed by atoms with E-state index in [-0.39, 0.29) is 6.04 Å². The quantitative estimate of drug-likeness (QED) is 0.602. The first-order valence-electron chi connectivity index (χ1n) is 10.2. The summed E-state index contributed by atoms with van der Waals surface area (Å²) in [5.41, 5.74) is 4.03. The molecule has 2 N–H and O–H groups in total. The molecule has 0 unspecified atom stereocenters. The number of hydrogen-bond donors (Lipinski definition) is 2. The number of carbonyl (C=O) groups is 2. The van der Waals surface area contributed by atoms with Gasteiger partial charge in [-0.3, -0.25) is 19.5 Å². The molecule has 1 aromatic heterocycles. The first-order chi connectivity index (χ1) is 15.1. The van der Waals surface area contributed by atoms with E-state index < -0.39 is 11.8 Å². The molecule has 0 bridgehead atoms. The molecule has 0 spiro atoms. The van der Waals surface area contributed by atoms with Crippen LogP contribution >= 0.6 is 11.6 Å². The molecule has 2 aromatic carbocycles. The van der Waals surface area contributed by atoms with Crippen LogP contribution in [0.2, 0.25) is 5.02 Å². The predicted molar refractivity (Wildman–Crippen MR) is 121 cm³/mol. The van der Waals surface area contributed by atoms with Crippen molar-refractivity contribution in [1.29, 1.82) is 0 Å². The average Bonchev–Trinajstić information content (AvgIpc) is 2.81. The average molecular weight is 435 g/mol. The maximum Gasteiger partial charge on any atom is 0.313 e. The van der Waals surface area contributed by atoms with E-state index in [1.807, 2.05) is 18.2 Å². The van der Waals surface area contributed by atoms with Gasteiger partial charge in [-0.1, -0.05) is 54.1 Å². The molecular formula is C24H23ClN4O2. The van der Waals surface area contributed by atoms with Gasteiger partial charge in [0.05, 0.1) is 16.8 Å². The van der Waals surface area contributed by atoms with Crippen molar-refractivity contribution in [2.75, 3.05) is 18.4 Å². The number of fused-ring (bicyclic) bond motifs is 1. The fourth-order valence-corrected chi connectivity index (χ4v) is 4.01. The minimum absolute atomic E-state index is 0.0980. The number of carbonyl (C=O) groups excluding carboxylic acids is 2. The predicted octanol–water partition coefficient (Wildman–Crippen LogP) is 3.59. The van der Waals surface area contributed by atoms with Gasteiger partial charge in [-0.05, 0) is 41.3 Å². The lowest BCUT2D eigenvalue weighted by atomic mass is 9.97. The molecule has 0 aliphatic carbocycles. The summed E-state index contributed by atoms with van der Waals surface area (Å²) in [5.74, 6) is -1.45. The van der Waals surface area contributed by atoms with Crippen molar-refractivity contribution in [2.45, 2.75) is 19.0 Å². The molecule has 1 atom stereocenters. The molecule has 2 amide bonds. The standard InChI is InChI=1S/C24H23ClN4O2/c25-20-9-3-4-10-21(20)28-24(31)23(30)27-15-22(18-8-5-12-26-14-18)29-13-11-17-6-1-2-7-19(17)16-29/h1-10,12,14,22H,11,13,15-16H2,(H,27,30)(H,28,31)/t22-/m1/s1. The molecule has 6 nitrogen and oxygen atoms in total. The second-order valence-corrected chi connectivity index (χ2v) is 7.84. The monoisotopic (exact) mass is 434 g/mol. The highest BCUT2D eigenvalue weighted by Gasteiger charge is 2.26. The molecule has 0 saturated carbocycles. The van der Waals surface area contributed by atoms with Gasteiger partial charge < -0.3 is 10.6 Å². The summed E-state index contributed by atoms with van der Waals surface area (Å²) in [6.07, 6.45) is 4.47. The van der Waals surface area contributed by atoms with Gasteiger partial charge in [-0.15, -0.1) is 0 Å². The molecule has 1 aliphatic heterocycles. The van der Waals surface area contributed by atoms with E-state index in [2.05, 4.69) is 38.7 Å². The number of amides is 2. The van der Waals surface area contributed by atoms with Crippen LogP contribution in [0.15, 0.2) is 73.1 Å². The van der Waals surface area contributed by atoms with Crippen LogP contribution in [-0.2, 0) is 22.6 Å². The molecule has 3 aromatic rings. The Labute approximate surface area is 186 Å². The molecule has 158 valence electrons. The zero-order chi connectivity index (χ0) is 21.6. The van der Waals surface area contributed by atoms with Crippen molar-refractivity contribution in [2.24, 2.45) is 0 Å². The summed E-state index contributed by atoms with van der Waals surface area (Å²) in [5, 5.41) is 5.71. The molecule has 0 fully saturated rings. The van der Waals surface area contributed by atoms with Gasteiger partial charge in [-0.2, -0.15) is 0 Å². The fourth-order valence-electron chi connectivity index (χ4n) is 3.83. The number of pyridine rings is 1. The van der Waals surface area contributed by atoms with E-state index >= 15 is 0 Å². The van der Waals surface area contributed by atoms with Crippen molar-refractivity contribution >= 4 is 29.1 Å². The molecule has 31 heavy (non-hydrogen) atoms. The third-order valence-corrected chi connectivity index (χ3v) is 5.78. The minimum atomic E-state index is -0.748. The number of halogens is 1. The summed E-state index contributed by atoms with van der Waals surface area (Å²) in [6.45, 7) is 1.93. The van der Waals surface area contributed by atoms with Crippen LogP contribution in [0.5, 0.6) is 0 Å². The lowest BCUT2D eigenvalue weighted by molar-refractivity contribution is -0.136. The zero-order valence-corrected chi connectivity index (χ0v) is 17.7. The Morgan fingerprint density at radius 1 is 1.00 bits per heavy atom. The van der Waals surface area contributed by atoms with Crippen molar-refractivity contribution in [3.8, 4) is 0 Å². The molecule has 0 radical (unpaired) electrons. The number of aromatic nitrogens is 1. The smallest absolute Gasteiger partial charge is 0.313 e. The van der Waals surface area contributed by atoms with E-state index in [0.29, 0.717) is 17.3 Å². The molecule has 2 heterocycles. The molecule has 7 heteroatoms. The third kappa shape index (κ3) is 5.10. The van der Waals surface area contributed by atoms with Crippen molar-refractivity contribution < 1.29 is 9.59 Å². The van der Waals surface area contributed by atoms with Gasteiger partial charge in [0.25, 0.3) is 0 Å². The van der Waals surface area contributed by atoms with Crippen molar-refractivity contribution in [3.63, 3.8) is 0 Å². The topological polar surface area (TPSA) is 74.3 Å². The molecular weight excluding hydrogens is 412 g/mol. The number of nitrogens with one attached hydrogen (secondary N) is 2. The van der Waals surface area contributed by atoms with Crippen molar-refractivity contribution in [3.05, 3.63) is 94.8 Å². The van der Waals surface area contributed by atoms with Crippen LogP contribution in [0.3, 0.4) is 0 Å². The normalized spacial score (nSPS) is 14.4. The van der Waals surface area contributed by atoms with Gasteiger partial charge in [0.2, 0.25) is 0 Å². The largest absolute Gasteiger partial charge is 0.346 e. The van der Waals surface area contributed by atoms with Crippen LogP contribution in [0.4, 0.5) is 5.69 Å². The van der Waals surface area contributed by atoms with E-state index in [1.54, 1.807) is 36.7 Å². The zero-order valence-electron chi connectivity index (χ0n) is 16.9. The second-order valence-electron chi connectivity index (χ2n) is 7.44. The Morgan fingerprint density at radius 2 is 1.77 bits per heavy atom. The molecule has 1 aliphatic rings. The number of hydrogen-bond acceptors (Lipinski definition) is 4. The maximum absolute atomic E-state index is 12.5. The Hall–Kier alpha value is -3.22. The summed E-state index contributed by atoms with van der Waals surface area (Å²) < 4.78 is 0. The summed E-state index contributed by atoms with van der Waals surface area (Å²) >= 11 is 6.06. The lowest BCUT2D eigenvalue weighted by Crippen LogP contribution is -2.43. The van der Waals surface area contributed by atoms with Crippen LogP contribution < -0.4 is 10.6 Å². The summed E-state index contributed by atoms with van der Waals surface area (Å²) in [4.78, 5) is 31.4. The third-order valence-electron chi connectivity index (χ3n) is 5.45. The van der Waals surface area contributed by atoms with Crippen LogP contribution in [-0.4, -0.2) is 34.8 Å². The van der Waals surface area contributed by atoms with E-state index in [9.17, 15) is 9.59 Å². The Morgan fingerprint density at radius 3 is 2.55 bits per heavy atom. The number of para-hydroxylation sites is 1. The number of rotatable bonds is 5. The van der Waals surface area contributed by atoms with Crippen LogP contribution in [0, 0.1) is 0 Å². The van der Waals surface area contributed by atoms with Gasteiger partial charge in [0, 0.05) is 32.0 Å². The lowest BCUT2D eigenvalue weighted by Gasteiger charge is -2.35. The minimum Gasteiger partial charge on any atom is -0.346 e. The number of anilines is 1. The van der Waals surface area contributed by atoms with E-state index in [0.717, 1.165) is 25.1 Å². The van der Waals surface area contributed by atoms with Gasteiger partial charge in [-0.25, -0.2) is 0 Å². The van der Waals surface area contributed by atoms with Gasteiger partial charge in [0.15, 0.2) is 0 Å². The highest BCUT2D eigenvalue weighted by Crippen LogP contribution is 2.27.